The molecule has 0 spiro atoms. The van der Waals surface area contributed by atoms with Crippen LogP contribution < -0.4 is 15.1 Å². The first-order chi connectivity index (χ1) is 11.9. The molecule has 0 saturated heterocycles. The lowest BCUT2D eigenvalue weighted by Crippen LogP contribution is -2.58. The third-order valence-corrected chi connectivity index (χ3v) is 3.50. The van der Waals surface area contributed by atoms with Crippen LogP contribution in [0.4, 0.5) is 36.4 Å². The minimum Gasteiger partial charge on any atom is -0.496 e. The number of methoxy groups -OCH3 is 1. The molecule has 0 aliphatic rings. The lowest BCUT2D eigenvalue weighted by atomic mass is 10.2. The van der Waals surface area contributed by atoms with Gasteiger partial charge in [-0.2, -0.15) is 35.8 Å². The van der Waals surface area contributed by atoms with Crippen LogP contribution in [0, 0.1) is 0 Å². The molecule has 11 heteroatoms. The van der Waals surface area contributed by atoms with Crippen molar-refractivity contribution < 1.29 is 35.5 Å². The second-order valence-corrected chi connectivity index (χ2v) is 5.12. The van der Waals surface area contributed by atoms with Crippen molar-refractivity contribution in [1.29, 1.82) is 0 Å². The van der Waals surface area contributed by atoms with Crippen LogP contribution in [0.2, 0.25) is 0 Å². The molecule has 4 nitrogen and oxygen atoms in total. The zero-order chi connectivity index (χ0) is 20.2. The lowest BCUT2D eigenvalue weighted by molar-refractivity contribution is -0.361. The molecule has 0 unspecified atom stereocenters. The van der Waals surface area contributed by atoms with Crippen molar-refractivity contribution >= 4 is 11.9 Å². The molecule has 0 aromatic heterocycles. The second kappa shape index (κ2) is 8.00. The molecule has 0 amide bonds. The predicted octanol–water partition coefficient (Wildman–Crippen LogP) is 4.26. The van der Waals surface area contributed by atoms with Crippen molar-refractivity contribution in [1.82, 2.24) is 5.43 Å². The highest BCUT2D eigenvalue weighted by Crippen LogP contribution is 2.45. The zero-order valence-electron chi connectivity index (χ0n) is 14.2. The number of nitrogens with one attached hydrogen (secondary N) is 1. The molecular weight excluding hydrogens is 371 g/mol. The van der Waals surface area contributed by atoms with Crippen molar-refractivity contribution in [3.05, 3.63) is 23.8 Å². The minimum atomic E-state index is -6.43. The van der Waals surface area contributed by atoms with Crippen LogP contribution in [0.15, 0.2) is 23.3 Å². The van der Waals surface area contributed by atoms with Gasteiger partial charge in [-0.3, -0.25) is 0 Å². The Bertz CT molecular complexity index is 628. The molecule has 0 radical (unpaired) electrons. The summed E-state index contributed by atoms with van der Waals surface area (Å²) in [4.78, 5) is 1.96. The highest BCUT2D eigenvalue weighted by molar-refractivity contribution is 5.84. The SMILES string of the molecule is CCN(CC)c1ccc(/C=N/NC(F)(F)C(F)(F)C(F)(F)F)c(OC)c1. The van der Waals surface area contributed by atoms with Crippen LogP contribution >= 0.6 is 0 Å². The molecule has 0 aliphatic heterocycles. The maximum Gasteiger partial charge on any atom is 0.462 e. The first-order valence-electron chi connectivity index (χ1n) is 7.46. The molecule has 0 atom stereocenters. The Morgan fingerprint density at radius 2 is 1.65 bits per heavy atom. The molecule has 0 bridgehead atoms. The van der Waals surface area contributed by atoms with Gasteiger partial charge in [0.05, 0.1) is 13.3 Å². The van der Waals surface area contributed by atoms with Crippen molar-refractivity contribution in [2.45, 2.75) is 32.0 Å². The van der Waals surface area contributed by atoms with Crippen LogP contribution in [-0.2, 0) is 0 Å². The number of hydrazone groups is 1. The molecule has 0 heterocycles. The third kappa shape index (κ3) is 4.50. The summed E-state index contributed by atoms with van der Waals surface area (Å²) >= 11 is 0. The Hall–Kier alpha value is -2.20. The number of ether oxygens (including phenoxy) is 1. The maximum atomic E-state index is 13.1. The first kappa shape index (κ1) is 21.8. The number of nitrogens with zero attached hydrogens (tertiary/aromatic N) is 2. The normalized spacial score (nSPS) is 13.2. The summed E-state index contributed by atoms with van der Waals surface area (Å²) in [6.45, 7) is 5.21. The average Bonchev–Trinajstić information content (AvgIpc) is 2.55. The molecule has 148 valence electrons. The fraction of sp³-hybridized carbons (Fsp3) is 0.533. The minimum absolute atomic E-state index is 0.113. The summed E-state index contributed by atoms with van der Waals surface area (Å²) in [5.74, 6) is -6.10. The van der Waals surface area contributed by atoms with Gasteiger partial charge in [0.25, 0.3) is 0 Å². The maximum absolute atomic E-state index is 13.1. The Labute approximate surface area is 145 Å². The molecule has 1 aromatic rings. The van der Waals surface area contributed by atoms with Gasteiger partial charge in [-0.05, 0) is 26.0 Å². The Balaban J connectivity index is 3.01. The molecular formula is C15H18F7N3O. The number of rotatable bonds is 8. The lowest BCUT2D eigenvalue weighted by Gasteiger charge is -2.27. The standard InChI is InChI=1S/C15H18F7N3O/c1-4-25(5-2)11-7-6-10(12(8-11)26-3)9-23-24-15(21,22)13(16,17)14(18,19)20/h6-9,24H,4-5H2,1-3H3/b23-9+. The number of alkyl halides is 7. The van der Waals surface area contributed by atoms with Crippen molar-refractivity contribution in [2.75, 3.05) is 25.1 Å². The molecule has 1 rings (SSSR count). The molecule has 0 aliphatic carbocycles. The first-order valence-corrected chi connectivity index (χ1v) is 7.46. The van der Waals surface area contributed by atoms with E-state index in [4.69, 9.17) is 4.74 Å². The van der Waals surface area contributed by atoms with Crippen LogP contribution in [-0.4, -0.2) is 44.6 Å². The summed E-state index contributed by atoms with van der Waals surface area (Å²) in [6, 6.07) is -1.02. The van der Waals surface area contributed by atoms with Crippen LogP contribution in [0.1, 0.15) is 19.4 Å². The zero-order valence-corrected chi connectivity index (χ0v) is 14.2. The van der Waals surface area contributed by atoms with Gasteiger partial charge >= 0.3 is 18.1 Å². The van der Waals surface area contributed by atoms with E-state index in [1.165, 1.54) is 13.2 Å². The van der Waals surface area contributed by atoms with E-state index in [9.17, 15) is 30.7 Å². The van der Waals surface area contributed by atoms with E-state index in [2.05, 4.69) is 5.10 Å². The van der Waals surface area contributed by atoms with Crippen LogP contribution in [0.3, 0.4) is 0 Å². The van der Waals surface area contributed by atoms with Gasteiger partial charge in [-0.15, -0.1) is 0 Å². The summed E-state index contributed by atoms with van der Waals surface area (Å²) in [7, 11) is 1.29. The van der Waals surface area contributed by atoms with Gasteiger partial charge < -0.3 is 9.64 Å². The number of hydrogen-bond donors (Lipinski definition) is 1. The van der Waals surface area contributed by atoms with Gasteiger partial charge in [0.1, 0.15) is 5.75 Å². The molecule has 1 aromatic carbocycles. The van der Waals surface area contributed by atoms with E-state index in [0.29, 0.717) is 24.7 Å². The predicted molar refractivity (Wildman–Crippen MR) is 83.2 cm³/mol. The number of halogens is 7. The smallest absolute Gasteiger partial charge is 0.462 e. The highest BCUT2D eigenvalue weighted by atomic mass is 19.4. The summed E-state index contributed by atoms with van der Waals surface area (Å²) in [5.41, 5.74) is 1.43. The third-order valence-electron chi connectivity index (χ3n) is 3.50. The Morgan fingerprint density at radius 3 is 2.12 bits per heavy atom. The quantitative estimate of drug-likeness (QED) is 0.313. The van der Waals surface area contributed by atoms with E-state index in [1.807, 2.05) is 18.7 Å². The van der Waals surface area contributed by atoms with E-state index in [0.717, 1.165) is 5.69 Å². The van der Waals surface area contributed by atoms with E-state index in [-0.39, 0.29) is 11.3 Å². The summed E-state index contributed by atoms with van der Waals surface area (Å²) in [6.07, 6.45) is -5.76. The average molecular weight is 389 g/mol. The highest BCUT2D eigenvalue weighted by Gasteiger charge is 2.73. The van der Waals surface area contributed by atoms with Crippen molar-refractivity contribution in [3.63, 3.8) is 0 Å². The fourth-order valence-electron chi connectivity index (χ4n) is 2.02. The Morgan fingerprint density at radius 1 is 1.08 bits per heavy atom. The largest absolute Gasteiger partial charge is 0.496 e. The molecule has 26 heavy (non-hydrogen) atoms. The number of anilines is 1. The molecule has 1 N–H and O–H groups in total. The monoisotopic (exact) mass is 389 g/mol. The Kier molecular flexibility index (Phi) is 6.72. The van der Waals surface area contributed by atoms with E-state index >= 15 is 0 Å². The van der Waals surface area contributed by atoms with Crippen LogP contribution in [0.25, 0.3) is 0 Å². The van der Waals surface area contributed by atoms with E-state index in [1.54, 1.807) is 12.1 Å². The van der Waals surface area contributed by atoms with Gasteiger partial charge in [0.15, 0.2) is 0 Å². The summed E-state index contributed by atoms with van der Waals surface area (Å²) < 4.78 is 92.9. The van der Waals surface area contributed by atoms with Gasteiger partial charge in [0, 0.05) is 30.4 Å². The van der Waals surface area contributed by atoms with Gasteiger partial charge in [-0.1, -0.05) is 0 Å². The van der Waals surface area contributed by atoms with Crippen molar-refractivity contribution in [2.24, 2.45) is 5.10 Å². The molecule has 0 fully saturated rings. The number of benzene rings is 1. The second-order valence-electron chi connectivity index (χ2n) is 5.12. The fourth-order valence-corrected chi connectivity index (χ4v) is 2.02. The topological polar surface area (TPSA) is 36.9 Å². The van der Waals surface area contributed by atoms with Gasteiger partial charge in [0.2, 0.25) is 0 Å². The number of hydrogen-bond acceptors (Lipinski definition) is 4. The van der Waals surface area contributed by atoms with Crippen LogP contribution in [0.5, 0.6) is 5.75 Å². The molecule has 0 saturated carbocycles. The van der Waals surface area contributed by atoms with Gasteiger partial charge in [-0.25, -0.2) is 5.43 Å². The van der Waals surface area contributed by atoms with E-state index < -0.39 is 18.1 Å². The van der Waals surface area contributed by atoms with Crippen molar-refractivity contribution in [3.8, 4) is 5.75 Å². The summed E-state index contributed by atoms with van der Waals surface area (Å²) in [5, 5.41) is 2.82.